The molecule has 0 bridgehead atoms. The average Bonchev–Trinajstić information content (AvgIpc) is 3.85. The summed E-state index contributed by atoms with van der Waals surface area (Å²) in [7, 11) is 0. The summed E-state index contributed by atoms with van der Waals surface area (Å²) in [6, 6.07) is 57.6. The summed E-state index contributed by atoms with van der Waals surface area (Å²) in [5, 5.41) is 6.26. The van der Waals surface area contributed by atoms with Gasteiger partial charge in [0.1, 0.15) is 11.3 Å². The summed E-state index contributed by atoms with van der Waals surface area (Å²) in [5.41, 5.74) is 14.2. The van der Waals surface area contributed by atoms with Crippen LogP contribution in [0.2, 0.25) is 0 Å². The van der Waals surface area contributed by atoms with Gasteiger partial charge in [-0.2, -0.15) is 0 Å². The molecule has 246 valence electrons. The maximum absolute atomic E-state index is 6.31. The molecule has 0 amide bonds. The van der Waals surface area contributed by atoms with Crippen LogP contribution in [0.4, 0.5) is 0 Å². The highest BCUT2D eigenvalue weighted by Gasteiger charge is 2.21. The number of fused-ring (bicyclic) bond motifs is 9. The zero-order chi connectivity index (χ0) is 34.3. The highest BCUT2D eigenvalue weighted by molar-refractivity contribution is 6.12. The van der Waals surface area contributed by atoms with Crippen LogP contribution < -0.4 is 0 Å². The van der Waals surface area contributed by atoms with Gasteiger partial charge in [0.2, 0.25) is 0 Å². The summed E-state index contributed by atoms with van der Waals surface area (Å²) in [4.78, 5) is 0. The van der Waals surface area contributed by atoms with Crippen LogP contribution in [-0.2, 0) is 0 Å². The predicted molar refractivity (Wildman–Crippen MR) is 218 cm³/mol. The van der Waals surface area contributed by atoms with Gasteiger partial charge in [0, 0.05) is 43.9 Å². The van der Waals surface area contributed by atoms with Crippen molar-refractivity contribution in [2.45, 2.75) is 19.3 Å². The van der Waals surface area contributed by atoms with Crippen LogP contribution in [0.15, 0.2) is 168 Å². The number of aromatic nitrogens is 2. The van der Waals surface area contributed by atoms with Crippen molar-refractivity contribution in [2.75, 3.05) is 0 Å². The van der Waals surface area contributed by atoms with E-state index in [1.165, 1.54) is 76.9 Å². The summed E-state index contributed by atoms with van der Waals surface area (Å²) in [6.07, 6.45) is 5.41. The van der Waals surface area contributed by atoms with E-state index >= 15 is 0 Å². The summed E-state index contributed by atoms with van der Waals surface area (Å²) in [6.45, 7) is 2.28. The third kappa shape index (κ3) is 4.32. The van der Waals surface area contributed by atoms with Crippen LogP contribution in [0.3, 0.4) is 0 Å². The van der Waals surface area contributed by atoms with Crippen LogP contribution in [0.1, 0.15) is 30.6 Å². The molecule has 0 saturated carbocycles. The Labute approximate surface area is 301 Å². The third-order valence-electron chi connectivity index (χ3n) is 11.2. The molecule has 10 aromatic rings. The van der Waals surface area contributed by atoms with Gasteiger partial charge >= 0.3 is 0 Å². The highest BCUT2D eigenvalue weighted by atomic mass is 16.3. The van der Waals surface area contributed by atoms with Crippen LogP contribution in [-0.4, -0.2) is 9.13 Å². The van der Waals surface area contributed by atoms with Gasteiger partial charge in [-0.3, -0.25) is 0 Å². The molecule has 1 aliphatic rings. The van der Waals surface area contributed by atoms with Crippen molar-refractivity contribution in [3.8, 4) is 33.6 Å². The molecule has 52 heavy (non-hydrogen) atoms. The number of benzene rings is 7. The summed E-state index contributed by atoms with van der Waals surface area (Å²) in [5.74, 6) is 1.48. The molecule has 0 spiro atoms. The fraction of sp³-hybridized carbons (Fsp3) is 0.0612. The van der Waals surface area contributed by atoms with Crippen molar-refractivity contribution in [1.29, 1.82) is 0 Å². The van der Waals surface area contributed by atoms with Gasteiger partial charge in [-0.25, -0.2) is 0 Å². The molecule has 3 heteroatoms. The summed E-state index contributed by atoms with van der Waals surface area (Å²) < 4.78 is 11.1. The smallest absolute Gasteiger partial charge is 0.135 e. The van der Waals surface area contributed by atoms with Gasteiger partial charge in [0.05, 0.1) is 22.1 Å². The SMILES string of the molecule is CC1CC=Cc2oc3cc(-c4ccc(-n5c6ccccc6c6cc(-c7ccc8c9ccccc9n(-c9ccccc9)c8c7)ccc65)cc4)ccc3c21. The minimum Gasteiger partial charge on any atom is -0.456 e. The van der Waals surface area contributed by atoms with E-state index < -0.39 is 0 Å². The second-order valence-electron chi connectivity index (χ2n) is 14.2. The highest BCUT2D eigenvalue weighted by Crippen LogP contribution is 2.41. The Balaban J connectivity index is 1.01. The van der Waals surface area contributed by atoms with Crippen LogP contribution >= 0.6 is 0 Å². The van der Waals surface area contributed by atoms with Gasteiger partial charge in [0.15, 0.2) is 0 Å². The third-order valence-corrected chi connectivity index (χ3v) is 11.2. The van der Waals surface area contributed by atoms with Crippen molar-refractivity contribution in [3.63, 3.8) is 0 Å². The van der Waals surface area contributed by atoms with E-state index in [2.05, 4.69) is 186 Å². The molecular formula is C49H34N2O. The molecule has 0 aliphatic heterocycles. The van der Waals surface area contributed by atoms with E-state index in [4.69, 9.17) is 4.42 Å². The first-order valence-corrected chi connectivity index (χ1v) is 18.2. The van der Waals surface area contributed by atoms with Crippen molar-refractivity contribution in [3.05, 3.63) is 175 Å². The van der Waals surface area contributed by atoms with E-state index in [0.717, 1.165) is 29.0 Å². The van der Waals surface area contributed by atoms with Crippen LogP contribution in [0.25, 0.3) is 94.3 Å². The average molecular weight is 667 g/mol. The molecule has 1 unspecified atom stereocenters. The molecule has 3 aromatic heterocycles. The standard InChI is InChI=1S/C49H34N2O/c1-31-10-9-17-47-49(31)41-26-21-35(30-48(41)52-47)32-18-23-37(24-19-32)50-44-16-8-6-14-39(44)42-28-33(22-27-45(42)50)34-20-25-40-38-13-5-7-15-43(38)51(46(40)29-34)36-11-3-2-4-12-36/h2-9,11-31H,10H2,1H3. The Morgan fingerprint density at radius 1 is 0.462 bits per heavy atom. The molecule has 3 heterocycles. The van der Waals surface area contributed by atoms with Gasteiger partial charge in [-0.15, -0.1) is 0 Å². The Morgan fingerprint density at radius 2 is 1.02 bits per heavy atom. The zero-order valence-electron chi connectivity index (χ0n) is 28.8. The maximum atomic E-state index is 6.31. The van der Waals surface area contributed by atoms with Gasteiger partial charge in [-0.1, -0.05) is 110 Å². The number of hydrogen-bond acceptors (Lipinski definition) is 1. The molecule has 11 rings (SSSR count). The Kier molecular flexibility index (Phi) is 6.29. The molecular weight excluding hydrogens is 633 g/mol. The second kappa shape index (κ2) is 11.2. The maximum Gasteiger partial charge on any atom is 0.135 e. The van der Waals surface area contributed by atoms with E-state index in [1.54, 1.807) is 0 Å². The normalized spacial score (nSPS) is 14.3. The van der Waals surface area contributed by atoms with Crippen molar-refractivity contribution in [2.24, 2.45) is 0 Å². The minimum atomic E-state index is 0.477. The number of nitrogens with zero attached hydrogens (tertiary/aromatic N) is 2. The lowest BCUT2D eigenvalue weighted by molar-refractivity contribution is 0.586. The second-order valence-corrected chi connectivity index (χ2v) is 14.2. The number of hydrogen-bond donors (Lipinski definition) is 0. The molecule has 1 atom stereocenters. The van der Waals surface area contributed by atoms with Crippen LogP contribution in [0.5, 0.6) is 0 Å². The minimum absolute atomic E-state index is 0.477. The monoisotopic (exact) mass is 666 g/mol. The molecule has 7 aromatic carbocycles. The number of furan rings is 1. The Hall–Kier alpha value is -6.58. The van der Waals surface area contributed by atoms with Gasteiger partial charge < -0.3 is 13.6 Å². The predicted octanol–water partition coefficient (Wildman–Crippen LogP) is 13.5. The lowest BCUT2D eigenvalue weighted by atomic mass is 9.90. The molecule has 0 saturated heterocycles. The molecule has 0 N–H and O–H groups in total. The Bertz CT molecular complexity index is 3040. The first-order valence-electron chi connectivity index (χ1n) is 18.2. The largest absolute Gasteiger partial charge is 0.456 e. The van der Waals surface area contributed by atoms with Gasteiger partial charge in [-0.05, 0) is 101 Å². The molecule has 1 aliphatic carbocycles. The zero-order valence-corrected chi connectivity index (χ0v) is 28.8. The molecule has 0 fully saturated rings. The lowest BCUT2D eigenvalue weighted by Gasteiger charge is -2.12. The fourth-order valence-electron chi connectivity index (χ4n) is 8.68. The Morgan fingerprint density at radius 3 is 1.81 bits per heavy atom. The van der Waals surface area contributed by atoms with E-state index in [0.29, 0.717) is 5.92 Å². The van der Waals surface area contributed by atoms with E-state index in [1.807, 2.05) is 0 Å². The van der Waals surface area contributed by atoms with E-state index in [-0.39, 0.29) is 0 Å². The first-order chi connectivity index (χ1) is 25.7. The van der Waals surface area contributed by atoms with Crippen LogP contribution in [0, 0.1) is 0 Å². The quantitative estimate of drug-likeness (QED) is 0.183. The number of para-hydroxylation sites is 3. The lowest BCUT2D eigenvalue weighted by Crippen LogP contribution is -1.96. The van der Waals surface area contributed by atoms with Crippen molar-refractivity contribution in [1.82, 2.24) is 9.13 Å². The topological polar surface area (TPSA) is 23.0 Å². The fourth-order valence-corrected chi connectivity index (χ4v) is 8.68. The molecule has 0 radical (unpaired) electrons. The van der Waals surface area contributed by atoms with Crippen molar-refractivity contribution >= 4 is 60.7 Å². The number of allylic oxidation sites excluding steroid dienone is 1. The first kappa shape index (κ1) is 29.2. The summed E-state index contributed by atoms with van der Waals surface area (Å²) >= 11 is 0. The van der Waals surface area contributed by atoms with Gasteiger partial charge in [0.25, 0.3) is 0 Å². The molecule has 3 nitrogen and oxygen atoms in total. The van der Waals surface area contributed by atoms with Crippen molar-refractivity contribution < 1.29 is 4.42 Å². The van der Waals surface area contributed by atoms with E-state index in [9.17, 15) is 0 Å². The number of rotatable bonds is 4.